The first-order chi connectivity index (χ1) is 27.9. The summed E-state index contributed by atoms with van der Waals surface area (Å²) in [6.07, 6.45) is -0.153. The predicted octanol–water partition coefficient (Wildman–Crippen LogP) is 11.8. The maximum atomic E-state index is 14.4. The normalized spacial score (nSPS) is 15.3. The molecule has 2 rings (SSSR count). The lowest BCUT2D eigenvalue weighted by Crippen LogP contribution is -2.54. The van der Waals surface area contributed by atoms with E-state index in [1.54, 1.807) is 18.9 Å². The molecule has 0 aliphatic heterocycles. The highest BCUT2D eigenvalue weighted by Gasteiger charge is 2.52. The minimum Gasteiger partial charge on any atom is -0.462 e. The van der Waals surface area contributed by atoms with E-state index in [9.17, 15) is 14.2 Å². The van der Waals surface area contributed by atoms with Crippen molar-refractivity contribution in [1.29, 1.82) is 0 Å². The fraction of sp³-hybridized carbons (Fsp3) is 0.696. The van der Waals surface area contributed by atoms with Gasteiger partial charge < -0.3 is 23.0 Å². The van der Waals surface area contributed by atoms with Gasteiger partial charge in [0.25, 0.3) is 0 Å². The van der Waals surface area contributed by atoms with Crippen LogP contribution in [0.25, 0.3) is 0 Å². The van der Waals surface area contributed by atoms with Gasteiger partial charge in [-0.2, -0.15) is 10.1 Å². The molecule has 0 radical (unpaired) electrons. The Morgan fingerprint density at radius 1 is 0.600 bits per heavy atom. The summed E-state index contributed by atoms with van der Waals surface area (Å²) in [5.74, 6) is -1.63. The summed E-state index contributed by atoms with van der Waals surface area (Å²) in [6, 6.07) is 19.3. The first-order valence-electron chi connectivity index (χ1n) is 21.5. The van der Waals surface area contributed by atoms with Crippen LogP contribution in [0, 0.1) is 10.8 Å². The number of carbonyl (C=O) groups is 2. The van der Waals surface area contributed by atoms with Gasteiger partial charge in [0.15, 0.2) is 0 Å². The fourth-order valence-electron chi connectivity index (χ4n) is 6.43. The van der Waals surface area contributed by atoms with E-state index >= 15 is 0 Å². The third kappa shape index (κ3) is 17.9. The first-order valence-corrected chi connectivity index (χ1v) is 24.1. The van der Waals surface area contributed by atoms with Crippen molar-refractivity contribution in [3.05, 3.63) is 71.8 Å². The van der Waals surface area contributed by atoms with E-state index in [1.807, 2.05) is 114 Å². The number of hydrogen-bond acceptors (Lipinski definition) is 12. The number of benzene rings is 2. The molecule has 0 aromatic heterocycles. The van der Waals surface area contributed by atoms with Gasteiger partial charge in [-0.1, -0.05) is 102 Å². The molecule has 0 spiro atoms. The topological polar surface area (TPSA) is 122 Å². The van der Waals surface area contributed by atoms with Crippen molar-refractivity contribution in [2.75, 3.05) is 33.0 Å². The standard InChI is InChI=1S/C46H78N2O10P2/c1-16-54-59-41(43(4,5)6)47(45(10,11)12)57-37(35-27-21-19-22-28-35)33-52-39(49)31-25-26-32-40(50)53-34-38(36-29-23-20-24-30-36)58-48(46(13,14)15)42(44(7,8)9)60(51,55-17-2)56-18-3/h19-24,27-30,37-38,41-42,59H,16-18,25-26,31-34H2,1-15H3. The quantitative estimate of drug-likeness (QED) is 0.0408. The number of rotatable bonds is 25. The third-order valence-corrected chi connectivity index (χ3v) is 13.9. The van der Waals surface area contributed by atoms with Gasteiger partial charge in [-0.15, -0.1) is 0 Å². The van der Waals surface area contributed by atoms with Crippen molar-refractivity contribution in [3.63, 3.8) is 0 Å². The van der Waals surface area contributed by atoms with E-state index in [1.165, 1.54) is 0 Å². The molecule has 14 heteroatoms. The van der Waals surface area contributed by atoms with Crippen LogP contribution in [0.5, 0.6) is 0 Å². The van der Waals surface area contributed by atoms with E-state index in [4.69, 9.17) is 32.7 Å². The Morgan fingerprint density at radius 2 is 1.00 bits per heavy atom. The van der Waals surface area contributed by atoms with Gasteiger partial charge in [0, 0.05) is 39.3 Å². The molecule has 0 fully saturated rings. The van der Waals surface area contributed by atoms with Crippen LogP contribution in [0.15, 0.2) is 60.7 Å². The van der Waals surface area contributed by atoms with E-state index in [2.05, 4.69) is 41.5 Å². The molecule has 0 bridgehead atoms. The molecule has 0 aliphatic carbocycles. The molecule has 2 aromatic carbocycles. The highest BCUT2D eigenvalue weighted by atomic mass is 31.2. The van der Waals surface area contributed by atoms with Crippen molar-refractivity contribution in [3.8, 4) is 0 Å². The van der Waals surface area contributed by atoms with Gasteiger partial charge in [-0.25, -0.2) is 0 Å². The van der Waals surface area contributed by atoms with Gasteiger partial charge in [0.1, 0.15) is 31.2 Å². The van der Waals surface area contributed by atoms with Crippen molar-refractivity contribution < 1.29 is 46.9 Å². The summed E-state index contributed by atoms with van der Waals surface area (Å²) < 4.78 is 43.8. The molecule has 0 N–H and O–H groups in total. The summed E-state index contributed by atoms with van der Waals surface area (Å²) >= 11 is 0. The van der Waals surface area contributed by atoms with Crippen LogP contribution < -0.4 is 0 Å². The highest BCUT2D eigenvalue weighted by molar-refractivity contribution is 7.54. The molecule has 0 aliphatic rings. The van der Waals surface area contributed by atoms with Crippen LogP contribution in [0.3, 0.4) is 0 Å². The number of nitrogens with zero attached hydrogens (tertiary/aromatic N) is 2. The van der Waals surface area contributed by atoms with Crippen LogP contribution in [0.2, 0.25) is 0 Å². The van der Waals surface area contributed by atoms with Crippen LogP contribution >= 0.6 is 16.4 Å². The Bertz CT molecular complexity index is 1580. The molecule has 60 heavy (non-hydrogen) atoms. The monoisotopic (exact) mass is 881 g/mol. The number of hydroxylamine groups is 4. The second kappa shape index (κ2) is 24.6. The van der Waals surface area contributed by atoms with Crippen molar-refractivity contribution >= 4 is 28.3 Å². The molecular weight excluding hydrogens is 802 g/mol. The summed E-state index contributed by atoms with van der Waals surface area (Å²) in [7, 11) is -3.54. The Hall–Kier alpha value is -2.24. The maximum absolute atomic E-state index is 14.4. The number of ether oxygens (including phenoxy) is 2. The lowest BCUT2D eigenvalue weighted by Gasteiger charge is -2.48. The van der Waals surface area contributed by atoms with Crippen LogP contribution in [0.4, 0.5) is 0 Å². The van der Waals surface area contributed by atoms with Gasteiger partial charge in [-0.05, 0) is 97.1 Å². The second-order valence-electron chi connectivity index (χ2n) is 19.0. The number of carbonyl (C=O) groups excluding carboxylic acids is 2. The molecule has 0 amide bonds. The zero-order valence-corrected chi connectivity index (χ0v) is 41.3. The minimum absolute atomic E-state index is 0.0270. The van der Waals surface area contributed by atoms with E-state index < -0.39 is 42.5 Å². The van der Waals surface area contributed by atoms with Gasteiger partial charge in [0.2, 0.25) is 0 Å². The molecule has 2 aromatic rings. The summed E-state index contributed by atoms with van der Waals surface area (Å²) in [4.78, 5) is 39.8. The van der Waals surface area contributed by atoms with Crippen LogP contribution in [-0.4, -0.2) is 77.7 Å². The average Bonchev–Trinajstić information content (AvgIpc) is 3.14. The van der Waals surface area contributed by atoms with E-state index in [0.29, 0.717) is 19.4 Å². The SMILES string of the molecule is CCOPC(N(OC(COC(=O)CCCCC(=O)OCC(ON(C(C(C)(C)C)P(=O)(OCC)OCC)C(C)(C)C)c1ccccc1)c1ccccc1)C(C)(C)C)C(C)(C)C. The Kier molecular flexibility index (Phi) is 22.1. The van der Waals surface area contributed by atoms with Crippen molar-refractivity contribution in [1.82, 2.24) is 10.1 Å². The summed E-state index contributed by atoms with van der Waals surface area (Å²) in [5.41, 5.74) is -0.121. The Balaban J connectivity index is 2.13. The molecule has 0 saturated carbocycles. The van der Waals surface area contributed by atoms with Gasteiger partial charge >= 0.3 is 19.5 Å². The zero-order chi connectivity index (χ0) is 45.4. The van der Waals surface area contributed by atoms with Crippen LogP contribution in [0.1, 0.15) is 153 Å². The van der Waals surface area contributed by atoms with Crippen molar-refractivity contribution in [2.45, 2.75) is 164 Å². The smallest absolute Gasteiger partial charge is 0.350 e. The fourth-order valence-corrected chi connectivity index (χ4v) is 10.3. The Labute approximate surface area is 364 Å². The van der Waals surface area contributed by atoms with E-state index in [0.717, 1.165) is 11.1 Å². The lowest BCUT2D eigenvalue weighted by molar-refractivity contribution is -0.275. The molecular formula is C46H78N2O10P2. The molecule has 342 valence electrons. The maximum Gasteiger partial charge on any atom is 0.350 e. The predicted molar refractivity (Wildman–Crippen MR) is 241 cm³/mol. The zero-order valence-electron chi connectivity index (χ0n) is 39.4. The molecule has 0 heterocycles. The number of esters is 2. The number of hydrogen-bond donors (Lipinski definition) is 0. The van der Waals surface area contributed by atoms with Gasteiger partial charge in [-0.3, -0.25) is 23.8 Å². The largest absolute Gasteiger partial charge is 0.462 e. The van der Waals surface area contributed by atoms with Crippen molar-refractivity contribution in [2.24, 2.45) is 10.8 Å². The second-order valence-corrected chi connectivity index (χ2v) is 22.2. The highest BCUT2D eigenvalue weighted by Crippen LogP contribution is 2.61. The average molecular weight is 881 g/mol. The summed E-state index contributed by atoms with van der Waals surface area (Å²) in [6.45, 7) is 31.2. The molecule has 5 unspecified atom stereocenters. The minimum atomic E-state index is -3.73. The number of unbranched alkanes of at least 4 members (excludes halogenated alkanes) is 1. The van der Waals surface area contributed by atoms with Gasteiger partial charge in [0.05, 0.1) is 19.0 Å². The summed E-state index contributed by atoms with van der Waals surface area (Å²) in [5, 5.41) is 3.71. The Morgan fingerprint density at radius 3 is 1.33 bits per heavy atom. The molecule has 5 atom stereocenters. The molecule has 12 nitrogen and oxygen atoms in total. The van der Waals surface area contributed by atoms with E-state index in [-0.39, 0.29) is 70.8 Å². The lowest BCUT2D eigenvalue weighted by atomic mass is 9.94. The third-order valence-electron chi connectivity index (χ3n) is 9.26. The first kappa shape index (κ1) is 53.9. The molecule has 0 saturated heterocycles. The van der Waals surface area contributed by atoms with Crippen LogP contribution in [-0.2, 0) is 46.9 Å².